The highest BCUT2D eigenvalue weighted by atomic mass is 32.1. The van der Waals surface area contributed by atoms with Gasteiger partial charge in [0.25, 0.3) is 5.56 Å². The molecule has 2 rings (SSSR count). The Morgan fingerprint density at radius 3 is 2.74 bits per heavy atom. The first-order valence-electron chi connectivity index (χ1n) is 7.72. The number of aromatic amines is 1. The van der Waals surface area contributed by atoms with Crippen molar-refractivity contribution in [2.75, 3.05) is 6.61 Å². The number of nitrogens with one attached hydrogen (secondary N) is 2. The number of nitrogens with zero attached hydrogens (tertiary/aromatic N) is 1. The van der Waals surface area contributed by atoms with E-state index in [1.54, 1.807) is 0 Å². The van der Waals surface area contributed by atoms with Crippen molar-refractivity contribution >= 4 is 27.5 Å². The molecule has 0 radical (unpaired) electrons. The van der Waals surface area contributed by atoms with E-state index in [0.29, 0.717) is 17.6 Å². The number of aromatic nitrogens is 2. The molecule has 0 bridgehead atoms. The van der Waals surface area contributed by atoms with Crippen molar-refractivity contribution in [2.24, 2.45) is 5.92 Å². The van der Waals surface area contributed by atoms with Gasteiger partial charge < -0.3 is 15.4 Å². The van der Waals surface area contributed by atoms with Crippen LogP contribution in [0.2, 0.25) is 0 Å². The summed E-state index contributed by atoms with van der Waals surface area (Å²) in [6.07, 6.45) is 0.632. The molecule has 7 heteroatoms. The Hall–Kier alpha value is -1.73. The van der Waals surface area contributed by atoms with Crippen molar-refractivity contribution < 1.29 is 9.90 Å². The van der Waals surface area contributed by atoms with Crippen LogP contribution < -0.4 is 10.9 Å². The maximum atomic E-state index is 12.2. The fraction of sp³-hybridized carbons (Fsp3) is 0.562. The number of amides is 1. The second-order valence-corrected chi connectivity index (χ2v) is 7.20. The largest absolute Gasteiger partial charge is 0.396 e. The second-order valence-electron chi connectivity index (χ2n) is 5.99. The lowest BCUT2D eigenvalue weighted by atomic mass is 10.1. The molecular weight excluding hydrogens is 314 g/mol. The molecule has 2 atom stereocenters. The second kappa shape index (κ2) is 7.23. The lowest BCUT2D eigenvalue weighted by molar-refractivity contribution is -0.122. The third-order valence-corrected chi connectivity index (χ3v) is 5.31. The minimum Gasteiger partial charge on any atom is -0.396 e. The molecule has 0 spiro atoms. The van der Waals surface area contributed by atoms with E-state index < -0.39 is 0 Å². The molecule has 2 unspecified atom stereocenters. The van der Waals surface area contributed by atoms with Crippen LogP contribution >= 0.6 is 11.3 Å². The van der Waals surface area contributed by atoms with Crippen LogP contribution in [0, 0.1) is 19.8 Å². The van der Waals surface area contributed by atoms with Gasteiger partial charge in [0.1, 0.15) is 10.7 Å². The van der Waals surface area contributed by atoms with E-state index in [0.717, 1.165) is 15.3 Å². The van der Waals surface area contributed by atoms with E-state index >= 15 is 0 Å². The zero-order chi connectivity index (χ0) is 17.1. The molecule has 126 valence electrons. The summed E-state index contributed by atoms with van der Waals surface area (Å²) in [5.74, 6) is 0.422. The number of hydrogen-bond acceptors (Lipinski definition) is 5. The molecule has 6 nitrogen and oxygen atoms in total. The molecule has 0 aliphatic heterocycles. The summed E-state index contributed by atoms with van der Waals surface area (Å²) in [6, 6.07) is -0.0930. The van der Waals surface area contributed by atoms with E-state index in [1.807, 2.05) is 27.7 Å². The molecule has 2 aromatic heterocycles. The van der Waals surface area contributed by atoms with Gasteiger partial charge in [0, 0.05) is 30.4 Å². The molecule has 0 saturated carbocycles. The number of carbonyl (C=O) groups is 1. The van der Waals surface area contributed by atoms with Crippen LogP contribution in [0.1, 0.15) is 36.5 Å². The van der Waals surface area contributed by atoms with Gasteiger partial charge in [0.2, 0.25) is 5.91 Å². The summed E-state index contributed by atoms with van der Waals surface area (Å²) in [5.41, 5.74) is 0.824. The topological polar surface area (TPSA) is 95.1 Å². The quantitative estimate of drug-likeness (QED) is 0.747. The summed E-state index contributed by atoms with van der Waals surface area (Å²) >= 11 is 1.50. The summed E-state index contributed by atoms with van der Waals surface area (Å²) in [4.78, 5) is 33.1. The van der Waals surface area contributed by atoms with Crippen LogP contribution in [0.5, 0.6) is 0 Å². The van der Waals surface area contributed by atoms with Gasteiger partial charge in [-0.1, -0.05) is 6.92 Å². The van der Waals surface area contributed by atoms with Crippen LogP contribution in [0.25, 0.3) is 10.2 Å². The first-order chi connectivity index (χ1) is 10.8. The van der Waals surface area contributed by atoms with E-state index in [1.165, 1.54) is 11.3 Å². The Balaban J connectivity index is 2.05. The molecule has 0 aliphatic rings. The predicted octanol–water partition coefficient (Wildman–Crippen LogP) is 1.67. The van der Waals surface area contributed by atoms with Gasteiger partial charge in [-0.15, -0.1) is 11.3 Å². The molecule has 2 aromatic rings. The fourth-order valence-corrected chi connectivity index (χ4v) is 3.32. The minimum absolute atomic E-state index is 0.00491. The molecule has 1 amide bonds. The number of aryl methyl sites for hydroxylation is 3. The first-order valence-corrected chi connectivity index (χ1v) is 8.54. The normalized spacial score (nSPS) is 14.0. The molecule has 0 fully saturated rings. The van der Waals surface area contributed by atoms with Crippen molar-refractivity contribution in [3.63, 3.8) is 0 Å². The maximum Gasteiger partial charge on any atom is 0.259 e. The number of H-pyrrole nitrogens is 1. The Labute approximate surface area is 139 Å². The Morgan fingerprint density at radius 2 is 2.09 bits per heavy atom. The summed E-state index contributed by atoms with van der Waals surface area (Å²) in [5, 5.41) is 12.6. The highest BCUT2D eigenvalue weighted by Gasteiger charge is 2.15. The monoisotopic (exact) mass is 337 g/mol. The number of hydrogen-bond donors (Lipinski definition) is 3. The van der Waals surface area contributed by atoms with E-state index in [9.17, 15) is 9.59 Å². The van der Waals surface area contributed by atoms with Crippen molar-refractivity contribution in [1.82, 2.24) is 15.3 Å². The van der Waals surface area contributed by atoms with E-state index in [-0.39, 0.29) is 36.5 Å². The van der Waals surface area contributed by atoms with E-state index in [4.69, 9.17) is 5.11 Å². The van der Waals surface area contributed by atoms with Crippen LogP contribution in [0.15, 0.2) is 4.79 Å². The number of aliphatic hydroxyl groups excluding tert-OH is 1. The Bertz CT molecular complexity index is 766. The van der Waals surface area contributed by atoms with Gasteiger partial charge in [-0.3, -0.25) is 9.59 Å². The standard InChI is InChI=1S/C16H23N3O3S/c1-8(7-20)10(3)17-13(21)6-5-12-18-15(22)14-9(2)11(4)23-16(14)19-12/h8,10,20H,5-7H2,1-4H3,(H,17,21)(H,18,19,22). The maximum absolute atomic E-state index is 12.2. The molecule has 23 heavy (non-hydrogen) atoms. The highest BCUT2D eigenvalue weighted by Crippen LogP contribution is 2.25. The van der Waals surface area contributed by atoms with Crippen molar-refractivity contribution in [3.05, 3.63) is 26.6 Å². The van der Waals surface area contributed by atoms with Crippen molar-refractivity contribution in [3.8, 4) is 0 Å². The summed E-state index contributed by atoms with van der Waals surface area (Å²) < 4.78 is 0. The van der Waals surface area contributed by atoms with Crippen LogP contribution in [-0.4, -0.2) is 33.6 Å². The average Bonchev–Trinajstić information content (AvgIpc) is 2.79. The molecule has 0 aliphatic carbocycles. The van der Waals surface area contributed by atoms with Gasteiger partial charge in [-0.25, -0.2) is 4.98 Å². The fourth-order valence-electron chi connectivity index (χ4n) is 2.28. The number of aliphatic hydroxyl groups is 1. The van der Waals surface area contributed by atoms with Crippen LogP contribution in [-0.2, 0) is 11.2 Å². The van der Waals surface area contributed by atoms with Gasteiger partial charge in [-0.2, -0.15) is 0 Å². The first kappa shape index (κ1) is 17.6. The SMILES string of the molecule is Cc1sc2nc(CCC(=O)NC(C)C(C)CO)[nH]c(=O)c2c1C. The van der Waals surface area contributed by atoms with Gasteiger partial charge in [0.05, 0.1) is 5.39 Å². The number of fused-ring (bicyclic) bond motifs is 1. The van der Waals surface area contributed by atoms with Gasteiger partial charge in [0.15, 0.2) is 0 Å². The lowest BCUT2D eigenvalue weighted by Crippen LogP contribution is -2.38. The molecule has 0 saturated heterocycles. The Kier molecular flexibility index (Phi) is 5.54. The molecular formula is C16H23N3O3S. The Morgan fingerprint density at radius 1 is 1.39 bits per heavy atom. The van der Waals surface area contributed by atoms with Crippen molar-refractivity contribution in [1.29, 1.82) is 0 Å². The van der Waals surface area contributed by atoms with Gasteiger partial charge in [-0.05, 0) is 32.3 Å². The molecule has 3 N–H and O–H groups in total. The van der Waals surface area contributed by atoms with Crippen LogP contribution in [0.4, 0.5) is 0 Å². The number of thiophene rings is 1. The van der Waals surface area contributed by atoms with Gasteiger partial charge >= 0.3 is 0 Å². The van der Waals surface area contributed by atoms with E-state index in [2.05, 4.69) is 15.3 Å². The average molecular weight is 337 g/mol. The zero-order valence-corrected chi connectivity index (χ0v) is 14.7. The summed E-state index contributed by atoms with van der Waals surface area (Å²) in [7, 11) is 0. The minimum atomic E-state index is -0.144. The zero-order valence-electron chi connectivity index (χ0n) is 13.9. The van der Waals surface area contributed by atoms with Crippen molar-refractivity contribution in [2.45, 2.75) is 46.6 Å². The number of rotatable bonds is 6. The van der Waals surface area contributed by atoms with Crippen LogP contribution in [0.3, 0.4) is 0 Å². The molecule has 2 heterocycles. The summed E-state index contributed by atoms with van der Waals surface area (Å²) in [6.45, 7) is 7.66. The lowest BCUT2D eigenvalue weighted by Gasteiger charge is -2.19. The number of carbonyl (C=O) groups excluding carboxylic acids is 1. The predicted molar refractivity (Wildman–Crippen MR) is 91.9 cm³/mol. The third kappa shape index (κ3) is 3.97. The molecule has 0 aromatic carbocycles. The third-order valence-electron chi connectivity index (χ3n) is 4.21. The smallest absolute Gasteiger partial charge is 0.259 e. The highest BCUT2D eigenvalue weighted by molar-refractivity contribution is 7.18.